The average molecular weight is 373 g/mol. The topological polar surface area (TPSA) is 87.7 Å². The van der Waals surface area contributed by atoms with E-state index in [0.717, 1.165) is 32.1 Å². The fourth-order valence-corrected chi connectivity index (χ4v) is 3.72. The number of benzene rings is 1. The smallest absolute Gasteiger partial charge is 0.246 e. The lowest BCUT2D eigenvalue weighted by Crippen LogP contribution is -2.43. The Morgan fingerprint density at radius 3 is 2.59 bits per heavy atom. The Labute approximate surface area is 159 Å². The van der Waals surface area contributed by atoms with Crippen LogP contribution in [0.4, 0.5) is 11.4 Å². The van der Waals surface area contributed by atoms with E-state index in [4.69, 9.17) is 4.74 Å². The van der Waals surface area contributed by atoms with Crippen LogP contribution in [0.25, 0.3) is 0 Å². The zero-order valence-electron chi connectivity index (χ0n) is 15.9. The summed E-state index contributed by atoms with van der Waals surface area (Å²) in [6.45, 7) is 2.32. The van der Waals surface area contributed by atoms with Gasteiger partial charge < -0.3 is 20.3 Å². The molecule has 7 heteroatoms. The van der Waals surface area contributed by atoms with Gasteiger partial charge in [-0.1, -0.05) is 12.8 Å². The quantitative estimate of drug-likeness (QED) is 0.802. The number of methoxy groups -OCH3 is 1. The lowest BCUT2D eigenvalue weighted by Gasteiger charge is -2.21. The van der Waals surface area contributed by atoms with Gasteiger partial charge in [-0.05, 0) is 44.4 Å². The van der Waals surface area contributed by atoms with Crippen molar-refractivity contribution in [2.75, 3.05) is 23.9 Å². The monoisotopic (exact) mass is 373 g/mol. The molecule has 7 nitrogen and oxygen atoms in total. The second-order valence-electron chi connectivity index (χ2n) is 7.24. The largest absolute Gasteiger partial charge is 0.495 e. The van der Waals surface area contributed by atoms with Gasteiger partial charge in [-0.2, -0.15) is 0 Å². The first kappa shape index (κ1) is 19.2. The molecule has 2 fully saturated rings. The fourth-order valence-electron chi connectivity index (χ4n) is 3.72. The van der Waals surface area contributed by atoms with Crippen LogP contribution in [0.5, 0.6) is 5.75 Å². The molecule has 0 radical (unpaired) electrons. The third-order valence-corrected chi connectivity index (χ3v) is 5.29. The molecular weight excluding hydrogens is 346 g/mol. The molecule has 1 saturated carbocycles. The van der Waals surface area contributed by atoms with Crippen LogP contribution in [-0.2, 0) is 14.4 Å². The minimum atomic E-state index is -0.628. The molecular formula is C20H27N3O4. The highest BCUT2D eigenvalue weighted by Gasteiger charge is 2.27. The van der Waals surface area contributed by atoms with Gasteiger partial charge in [-0.3, -0.25) is 14.4 Å². The summed E-state index contributed by atoms with van der Waals surface area (Å²) in [6.07, 6.45) is 5.26. The molecule has 0 unspecified atom stereocenters. The Hall–Kier alpha value is -2.57. The van der Waals surface area contributed by atoms with Gasteiger partial charge >= 0.3 is 0 Å². The first-order valence-electron chi connectivity index (χ1n) is 9.59. The molecule has 27 heavy (non-hydrogen) atoms. The van der Waals surface area contributed by atoms with Crippen LogP contribution in [0.3, 0.4) is 0 Å². The summed E-state index contributed by atoms with van der Waals surface area (Å²) in [7, 11) is 1.55. The molecule has 1 heterocycles. The van der Waals surface area contributed by atoms with Gasteiger partial charge in [-0.15, -0.1) is 0 Å². The maximum Gasteiger partial charge on any atom is 0.246 e. The third kappa shape index (κ3) is 4.40. The molecule has 0 spiro atoms. The van der Waals surface area contributed by atoms with Crippen LogP contribution in [0.1, 0.15) is 45.4 Å². The SMILES string of the molecule is COc1ccc(NC(=O)[C@@H](C)NC(=O)C2CCCC2)cc1N1CCCC1=O. The molecule has 0 aromatic heterocycles. The second kappa shape index (κ2) is 8.41. The minimum absolute atomic E-state index is 0.0222. The van der Waals surface area contributed by atoms with Gasteiger partial charge in [-0.25, -0.2) is 0 Å². The fraction of sp³-hybridized carbons (Fsp3) is 0.550. The second-order valence-corrected chi connectivity index (χ2v) is 7.24. The molecule has 1 aliphatic carbocycles. The molecule has 1 aliphatic heterocycles. The molecule has 1 aromatic rings. The molecule has 2 aliphatic rings. The number of anilines is 2. The molecule has 1 saturated heterocycles. The number of rotatable bonds is 6. The van der Waals surface area contributed by atoms with Crippen LogP contribution in [-0.4, -0.2) is 37.4 Å². The van der Waals surface area contributed by atoms with E-state index >= 15 is 0 Å². The molecule has 2 N–H and O–H groups in total. The lowest BCUT2D eigenvalue weighted by molar-refractivity contribution is -0.128. The molecule has 3 amide bonds. The summed E-state index contributed by atoms with van der Waals surface area (Å²) in [6, 6.07) is 4.58. The molecule has 3 rings (SSSR count). The van der Waals surface area contributed by atoms with Gasteiger partial charge in [0.05, 0.1) is 12.8 Å². The van der Waals surface area contributed by atoms with Crippen molar-refractivity contribution < 1.29 is 19.1 Å². The highest BCUT2D eigenvalue weighted by atomic mass is 16.5. The van der Waals surface area contributed by atoms with Crippen molar-refractivity contribution in [3.63, 3.8) is 0 Å². The molecule has 146 valence electrons. The summed E-state index contributed by atoms with van der Waals surface area (Å²) in [5.41, 5.74) is 1.22. The zero-order valence-corrected chi connectivity index (χ0v) is 15.9. The summed E-state index contributed by atoms with van der Waals surface area (Å²) in [4.78, 5) is 38.4. The lowest BCUT2D eigenvalue weighted by atomic mass is 10.1. The van der Waals surface area contributed by atoms with Gasteiger partial charge in [0.25, 0.3) is 0 Å². The van der Waals surface area contributed by atoms with Crippen molar-refractivity contribution >= 4 is 29.1 Å². The van der Waals surface area contributed by atoms with Crippen molar-refractivity contribution in [2.24, 2.45) is 5.92 Å². The van der Waals surface area contributed by atoms with Crippen molar-refractivity contribution in [3.8, 4) is 5.75 Å². The number of hydrogen-bond acceptors (Lipinski definition) is 4. The Kier molecular flexibility index (Phi) is 5.98. The van der Waals surface area contributed by atoms with E-state index in [9.17, 15) is 14.4 Å². The number of hydrogen-bond donors (Lipinski definition) is 2. The van der Waals surface area contributed by atoms with E-state index in [1.807, 2.05) is 0 Å². The van der Waals surface area contributed by atoms with Crippen LogP contribution < -0.4 is 20.3 Å². The van der Waals surface area contributed by atoms with E-state index in [0.29, 0.717) is 30.1 Å². The number of nitrogens with one attached hydrogen (secondary N) is 2. The first-order valence-corrected chi connectivity index (χ1v) is 9.59. The number of carbonyl (C=O) groups is 3. The van der Waals surface area contributed by atoms with Crippen molar-refractivity contribution in [3.05, 3.63) is 18.2 Å². The van der Waals surface area contributed by atoms with E-state index in [1.165, 1.54) is 0 Å². The molecule has 0 bridgehead atoms. The normalized spacial score (nSPS) is 18.4. The summed E-state index contributed by atoms with van der Waals surface area (Å²) >= 11 is 0. The Bertz CT molecular complexity index is 728. The third-order valence-electron chi connectivity index (χ3n) is 5.29. The predicted octanol–water partition coefficient (Wildman–Crippen LogP) is 2.46. The van der Waals surface area contributed by atoms with Crippen molar-refractivity contribution in [2.45, 2.75) is 51.5 Å². The summed E-state index contributed by atoms with van der Waals surface area (Å²) < 4.78 is 5.36. The Morgan fingerprint density at radius 2 is 1.96 bits per heavy atom. The average Bonchev–Trinajstić information content (AvgIpc) is 3.33. The minimum Gasteiger partial charge on any atom is -0.495 e. The van der Waals surface area contributed by atoms with Gasteiger partial charge in [0.2, 0.25) is 17.7 Å². The molecule has 1 atom stereocenters. The predicted molar refractivity (Wildman–Crippen MR) is 103 cm³/mol. The number of nitrogens with zero attached hydrogens (tertiary/aromatic N) is 1. The highest BCUT2D eigenvalue weighted by Crippen LogP contribution is 2.34. The van der Waals surface area contributed by atoms with Gasteiger partial charge in [0.1, 0.15) is 11.8 Å². The number of amides is 3. The van der Waals surface area contributed by atoms with Gasteiger partial charge in [0.15, 0.2) is 0 Å². The summed E-state index contributed by atoms with van der Waals surface area (Å²) in [5, 5.41) is 5.62. The van der Waals surface area contributed by atoms with E-state index in [2.05, 4.69) is 10.6 Å². The van der Waals surface area contributed by atoms with Crippen LogP contribution in [0.15, 0.2) is 18.2 Å². The Morgan fingerprint density at radius 1 is 1.22 bits per heavy atom. The number of carbonyl (C=O) groups excluding carboxylic acids is 3. The molecule has 1 aromatic carbocycles. The van der Waals surface area contributed by atoms with Crippen LogP contribution >= 0.6 is 0 Å². The maximum atomic E-state index is 12.5. The zero-order chi connectivity index (χ0) is 19.4. The Balaban J connectivity index is 1.66. The number of ether oxygens (including phenoxy) is 1. The van der Waals surface area contributed by atoms with Crippen LogP contribution in [0.2, 0.25) is 0 Å². The maximum absolute atomic E-state index is 12.5. The summed E-state index contributed by atoms with van der Waals surface area (Å²) in [5.74, 6) is 0.326. The highest BCUT2D eigenvalue weighted by molar-refractivity contribution is 6.00. The first-order chi connectivity index (χ1) is 13.0. The van der Waals surface area contributed by atoms with E-state index in [-0.39, 0.29) is 23.6 Å². The van der Waals surface area contributed by atoms with Crippen LogP contribution in [0, 0.1) is 5.92 Å². The van der Waals surface area contributed by atoms with E-state index in [1.54, 1.807) is 37.1 Å². The van der Waals surface area contributed by atoms with Crippen molar-refractivity contribution in [1.82, 2.24) is 5.32 Å². The standard InChI is InChI=1S/C20H27N3O4/c1-13(21-20(26)14-6-3-4-7-14)19(25)22-15-9-10-17(27-2)16(12-15)23-11-5-8-18(23)24/h9-10,12-14H,3-8,11H2,1-2H3,(H,21,26)(H,22,25)/t13-/m1/s1. The van der Waals surface area contributed by atoms with E-state index < -0.39 is 6.04 Å². The van der Waals surface area contributed by atoms with Gasteiger partial charge in [0, 0.05) is 24.6 Å². The van der Waals surface area contributed by atoms with Crippen molar-refractivity contribution in [1.29, 1.82) is 0 Å².